The van der Waals surface area contributed by atoms with Gasteiger partial charge in [-0.25, -0.2) is 0 Å². The molecule has 0 saturated carbocycles. The minimum atomic E-state index is -0.732. The number of hydrogen-bond acceptors (Lipinski definition) is 2. The Morgan fingerprint density at radius 3 is 2.14 bits per heavy atom. The van der Waals surface area contributed by atoms with E-state index in [0.717, 1.165) is 6.42 Å². The van der Waals surface area contributed by atoms with Crippen LogP contribution in [0.5, 0.6) is 0 Å². The first-order valence-corrected chi connectivity index (χ1v) is 5.08. The van der Waals surface area contributed by atoms with Crippen LogP contribution in [0.2, 0.25) is 0 Å². The molecule has 0 atom stereocenters. The molecule has 0 unspecified atom stereocenters. The fraction of sp³-hybridized carbons (Fsp3) is 0.909. The van der Waals surface area contributed by atoms with Crippen molar-refractivity contribution in [3.63, 3.8) is 0 Å². The molecule has 3 heteroatoms. The van der Waals surface area contributed by atoms with Crippen molar-refractivity contribution in [2.45, 2.75) is 46.6 Å². The van der Waals surface area contributed by atoms with Gasteiger partial charge in [0.15, 0.2) is 0 Å². The van der Waals surface area contributed by atoms with Crippen molar-refractivity contribution >= 4 is 5.91 Å². The van der Waals surface area contributed by atoms with Crippen molar-refractivity contribution in [1.29, 1.82) is 0 Å². The Morgan fingerprint density at radius 2 is 1.79 bits per heavy atom. The molecule has 0 fully saturated rings. The standard InChI is InChI=1S/C11H23NO2/c1-7-10(2,3)8-12-9(13)11(4,5)14-6/h7-8H2,1-6H3,(H,12,13). The number of ether oxygens (including phenoxy) is 1. The molecule has 0 aromatic rings. The molecule has 0 radical (unpaired) electrons. The first kappa shape index (κ1) is 13.4. The molecular formula is C11H23NO2. The average Bonchev–Trinajstić information content (AvgIpc) is 2.14. The third-order valence-corrected chi connectivity index (χ3v) is 2.74. The molecule has 0 heterocycles. The van der Waals surface area contributed by atoms with Gasteiger partial charge < -0.3 is 10.1 Å². The summed E-state index contributed by atoms with van der Waals surface area (Å²) in [5.74, 6) is -0.0541. The van der Waals surface area contributed by atoms with E-state index in [1.165, 1.54) is 0 Å². The number of methoxy groups -OCH3 is 1. The van der Waals surface area contributed by atoms with Crippen LogP contribution in [0.4, 0.5) is 0 Å². The number of hydrogen-bond donors (Lipinski definition) is 1. The van der Waals surface area contributed by atoms with E-state index >= 15 is 0 Å². The summed E-state index contributed by atoms with van der Waals surface area (Å²) < 4.78 is 5.09. The Bertz CT molecular complexity index is 197. The Labute approximate surface area is 87.2 Å². The van der Waals surface area contributed by atoms with Gasteiger partial charge in [-0.3, -0.25) is 4.79 Å². The minimum absolute atomic E-state index is 0.0541. The molecule has 1 amide bonds. The summed E-state index contributed by atoms with van der Waals surface area (Å²) in [6.07, 6.45) is 1.04. The third-order valence-electron chi connectivity index (χ3n) is 2.74. The van der Waals surface area contributed by atoms with Crippen molar-refractivity contribution < 1.29 is 9.53 Å². The zero-order valence-corrected chi connectivity index (χ0v) is 10.2. The van der Waals surface area contributed by atoms with Crippen LogP contribution in [-0.4, -0.2) is 25.2 Å². The monoisotopic (exact) mass is 201 g/mol. The van der Waals surface area contributed by atoms with E-state index in [1.54, 1.807) is 21.0 Å². The smallest absolute Gasteiger partial charge is 0.251 e. The van der Waals surface area contributed by atoms with E-state index in [4.69, 9.17) is 4.74 Å². The second-order valence-electron chi connectivity index (χ2n) is 4.91. The molecule has 0 aliphatic heterocycles. The Kier molecular flexibility index (Phi) is 4.59. The van der Waals surface area contributed by atoms with Crippen molar-refractivity contribution in [2.75, 3.05) is 13.7 Å². The molecule has 3 nitrogen and oxygen atoms in total. The summed E-state index contributed by atoms with van der Waals surface area (Å²) in [4.78, 5) is 11.6. The summed E-state index contributed by atoms with van der Waals surface area (Å²) in [5, 5.41) is 2.90. The summed E-state index contributed by atoms with van der Waals surface area (Å²) >= 11 is 0. The van der Waals surface area contributed by atoms with Gasteiger partial charge in [-0.1, -0.05) is 20.8 Å². The van der Waals surface area contributed by atoms with Gasteiger partial charge in [0, 0.05) is 13.7 Å². The van der Waals surface area contributed by atoms with Gasteiger partial charge in [0.25, 0.3) is 5.91 Å². The molecule has 0 aromatic heterocycles. The third kappa shape index (κ3) is 4.09. The maximum atomic E-state index is 11.6. The highest BCUT2D eigenvalue weighted by atomic mass is 16.5. The van der Waals surface area contributed by atoms with Crippen molar-refractivity contribution in [2.24, 2.45) is 5.41 Å². The molecule has 0 aromatic carbocycles. The largest absolute Gasteiger partial charge is 0.369 e. The van der Waals surface area contributed by atoms with Gasteiger partial charge in [-0.05, 0) is 25.7 Å². The molecule has 0 rings (SSSR count). The first-order chi connectivity index (χ1) is 6.25. The number of carbonyl (C=O) groups excluding carboxylic acids is 1. The summed E-state index contributed by atoms with van der Waals surface area (Å²) in [7, 11) is 1.55. The van der Waals surface area contributed by atoms with Gasteiger partial charge >= 0.3 is 0 Å². The second kappa shape index (κ2) is 4.78. The van der Waals surface area contributed by atoms with Crippen LogP contribution in [0.25, 0.3) is 0 Å². The molecular weight excluding hydrogens is 178 g/mol. The van der Waals surface area contributed by atoms with Gasteiger partial charge in [-0.15, -0.1) is 0 Å². The van der Waals surface area contributed by atoms with Crippen molar-refractivity contribution in [1.82, 2.24) is 5.32 Å². The second-order valence-corrected chi connectivity index (χ2v) is 4.91. The van der Waals surface area contributed by atoms with Crippen LogP contribution in [0.15, 0.2) is 0 Å². The van der Waals surface area contributed by atoms with Crippen molar-refractivity contribution in [3.05, 3.63) is 0 Å². The van der Waals surface area contributed by atoms with E-state index in [-0.39, 0.29) is 11.3 Å². The van der Waals surface area contributed by atoms with Gasteiger partial charge in [-0.2, -0.15) is 0 Å². The van der Waals surface area contributed by atoms with Gasteiger partial charge in [0.2, 0.25) is 0 Å². The predicted molar refractivity (Wildman–Crippen MR) is 58.2 cm³/mol. The van der Waals surface area contributed by atoms with Crippen LogP contribution in [0, 0.1) is 5.41 Å². The molecule has 0 bridgehead atoms. The van der Waals surface area contributed by atoms with Gasteiger partial charge in [0.1, 0.15) is 5.60 Å². The quantitative estimate of drug-likeness (QED) is 0.738. The van der Waals surface area contributed by atoms with E-state index in [9.17, 15) is 4.79 Å². The Morgan fingerprint density at radius 1 is 1.29 bits per heavy atom. The summed E-state index contributed by atoms with van der Waals surface area (Å²) in [5.41, 5.74) is -0.580. The fourth-order valence-electron chi connectivity index (χ4n) is 0.750. The normalized spacial score (nSPS) is 12.7. The molecule has 1 N–H and O–H groups in total. The van der Waals surface area contributed by atoms with E-state index < -0.39 is 5.60 Å². The molecule has 14 heavy (non-hydrogen) atoms. The lowest BCUT2D eigenvalue weighted by Gasteiger charge is -2.27. The zero-order valence-electron chi connectivity index (χ0n) is 10.2. The van der Waals surface area contributed by atoms with Crippen LogP contribution in [-0.2, 0) is 9.53 Å². The number of rotatable bonds is 5. The van der Waals surface area contributed by atoms with Gasteiger partial charge in [0.05, 0.1) is 0 Å². The van der Waals surface area contributed by atoms with Crippen LogP contribution in [0.1, 0.15) is 41.0 Å². The fourth-order valence-corrected chi connectivity index (χ4v) is 0.750. The summed E-state index contributed by atoms with van der Waals surface area (Å²) in [6.45, 7) is 10.6. The van der Waals surface area contributed by atoms with E-state index in [2.05, 4.69) is 26.1 Å². The average molecular weight is 201 g/mol. The van der Waals surface area contributed by atoms with E-state index in [1.807, 2.05) is 0 Å². The lowest BCUT2D eigenvalue weighted by atomic mass is 9.90. The maximum absolute atomic E-state index is 11.6. The Balaban J connectivity index is 4.10. The lowest BCUT2D eigenvalue weighted by molar-refractivity contribution is -0.139. The first-order valence-electron chi connectivity index (χ1n) is 5.08. The minimum Gasteiger partial charge on any atom is -0.369 e. The Hall–Kier alpha value is -0.570. The molecule has 0 spiro atoms. The number of nitrogens with one attached hydrogen (secondary N) is 1. The highest BCUT2D eigenvalue weighted by Gasteiger charge is 2.28. The SMILES string of the molecule is CCC(C)(C)CNC(=O)C(C)(C)OC. The molecule has 84 valence electrons. The van der Waals surface area contributed by atoms with E-state index in [0.29, 0.717) is 6.54 Å². The van der Waals surface area contributed by atoms with Crippen LogP contribution < -0.4 is 5.32 Å². The zero-order chi connectivity index (χ0) is 11.4. The lowest BCUT2D eigenvalue weighted by Crippen LogP contribution is -2.46. The highest BCUT2D eigenvalue weighted by molar-refractivity contribution is 5.84. The number of amides is 1. The van der Waals surface area contributed by atoms with Crippen LogP contribution >= 0.6 is 0 Å². The highest BCUT2D eigenvalue weighted by Crippen LogP contribution is 2.18. The predicted octanol–water partition coefficient (Wildman–Crippen LogP) is 1.96. The molecule has 0 aliphatic carbocycles. The van der Waals surface area contributed by atoms with Crippen LogP contribution in [0.3, 0.4) is 0 Å². The summed E-state index contributed by atoms with van der Waals surface area (Å²) in [6, 6.07) is 0. The molecule has 0 saturated heterocycles. The topological polar surface area (TPSA) is 38.3 Å². The number of carbonyl (C=O) groups is 1. The molecule has 0 aliphatic rings. The maximum Gasteiger partial charge on any atom is 0.251 e. The van der Waals surface area contributed by atoms with Crippen molar-refractivity contribution in [3.8, 4) is 0 Å².